The van der Waals surface area contributed by atoms with Crippen LogP contribution >= 0.6 is 0 Å². The van der Waals surface area contributed by atoms with E-state index in [4.69, 9.17) is 4.74 Å². The lowest BCUT2D eigenvalue weighted by Gasteiger charge is -2.19. The normalized spacial score (nSPS) is 11.4. The minimum atomic E-state index is -0.603. The lowest BCUT2D eigenvalue weighted by molar-refractivity contribution is -0.122. The van der Waals surface area contributed by atoms with Gasteiger partial charge in [0.15, 0.2) is 0 Å². The average molecular weight is 547 g/mol. The standard InChI is InChI=1S/C34H46N2O4/c1-6-7-8-9-10-11-12-13-14-15-31(37)35-36-33(39)29-23-30(27-21-16-24(2)22-28(27)32(29)38)40-26-19-17-25(18-20-26)34(3,4)5/h16-23,38H,6-15H2,1-5H3,(H,35,37)(H,36,39). The predicted molar refractivity (Wildman–Crippen MR) is 163 cm³/mol. The number of phenolic OH excluding ortho intramolecular Hbond substituents is 1. The number of phenols is 1. The van der Waals surface area contributed by atoms with Crippen LogP contribution in [0.5, 0.6) is 17.2 Å². The lowest BCUT2D eigenvalue weighted by atomic mass is 9.87. The van der Waals surface area contributed by atoms with Crippen molar-refractivity contribution >= 4 is 22.6 Å². The minimum Gasteiger partial charge on any atom is -0.506 e. The van der Waals surface area contributed by atoms with E-state index in [-0.39, 0.29) is 22.6 Å². The van der Waals surface area contributed by atoms with Crippen LogP contribution in [-0.2, 0) is 10.2 Å². The summed E-state index contributed by atoms with van der Waals surface area (Å²) in [6.45, 7) is 10.6. The summed E-state index contributed by atoms with van der Waals surface area (Å²) in [7, 11) is 0. The van der Waals surface area contributed by atoms with Crippen molar-refractivity contribution in [2.24, 2.45) is 0 Å². The smallest absolute Gasteiger partial charge is 0.273 e. The molecule has 0 saturated carbocycles. The Bertz CT molecular complexity index is 1280. The fourth-order valence-corrected chi connectivity index (χ4v) is 4.75. The number of aromatic hydroxyl groups is 1. The topological polar surface area (TPSA) is 87.7 Å². The molecule has 3 rings (SSSR count). The number of fused-ring (bicyclic) bond motifs is 1. The molecule has 0 unspecified atom stereocenters. The Morgan fingerprint density at radius 3 is 2.05 bits per heavy atom. The summed E-state index contributed by atoms with van der Waals surface area (Å²) in [6, 6.07) is 15.0. The van der Waals surface area contributed by atoms with Crippen LogP contribution in [0.4, 0.5) is 0 Å². The van der Waals surface area contributed by atoms with E-state index in [2.05, 4.69) is 38.5 Å². The molecule has 0 aliphatic carbocycles. The number of hydrogen-bond acceptors (Lipinski definition) is 4. The van der Waals surface area contributed by atoms with Crippen molar-refractivity contribution in [2.45, 2.75) is 104 Å². The molecule has 40 heavy (non-hydrogen) atoms. The number of aryl methyl sites for hydroxylation is 1. The van der Waals surface area contributed by atoms with Gasteiger partial charge in [-0.15, -0.1) is 0 Å². The molecule has 0 atom stereocenters. The second-order valence-electron chi connectivity index (χ2n) is 11.8. The Labute approximate surface area is 239 Å². The molecule has 0 aliphatic rings. The van der Waals surface area contributed by atoms with Crippen LogP contribution in [0, 0.1) is 6.92 Å². The molecule has 6 heteroatoms. The summed E-state index contributed by atoms with van der Waals surface area (Å²) in [5, 5.41) is 12.2. The van der Waals surface area contributed by atoms with Crippen molar-refractivity contribution in [1.82, 2.24) is 10.9 Å². The maximum absolute atomic E-state index is 13.0. The van der Waals surface area contributed by atoms with Gasteiger partial charge in [0.05, 0.1) is 5.56 Å². The highest BCUT2D eigenvalue weighted by Gasteiger charge is 2.20. The summed E-state index contributed by atoms with van der Waals surface area (Å²) in [5.74, 6) is 0.0700. The molecule has 0 radical (unpaired) electrons. The molecule has 3 aromatic carbocycles. The van der Waals surface area contributed by atoms with Crippen LogP contribution in [0.1, 0.15) is 113 Å². The van der Waals surface area contributed by atoms with Gasteiger partial charge >= 0.3 is 0 Å². The van der Waals surface area contributed by atoms with Crippen LogP contribution in [0.3, 0.4) is 0 Å². The van der Waals surface area contributed by atoms with E-state index in [0.717, 1.165) is 24.8 Å². The number of amides is 2. The first kappa shape index (κ1) is 31.0. The number of unbranched alkanes of at least 4 members (excludes halogenated alkanes) is 8. The van der Waals surface area contributed by atoms with Gasteiger partial charge in [0.25, 0.3) is 5.91 Å². The zero-order valence-corrected chi connectivity index (χ0v) is 24.9. The molecular weight excluding hydrogens is 500 g/mol. The minimum absolute atomic E-state index is 0.0187. The van der Waals surface area contributed by atoms with Crippen molar-refractivity contribution in [2.75, 3.05) is 0 Å². The summed E-state index contributed by atoms with van der Waals surface area (Å²) in [6.07, 6.45) is 10.9. The molecule has 0 aromatic heterocycles. The third kappa shape index (κ3) is 9.00. The number of hydrogen-bond donors (Lipinski definition) is 3. The Morgan fingerprint density at radius 1 is 0.800 bits per heavy atom. The summed E-state index contributed by atoms with van der Waals surface area (Å²) in [4.78, 5) is 25.4. The van der Waals surface area contributed by atoms with E-state index in [9.17, 15) is 14.7 Å². The first-order valence-electron chi connectivity index (χ1n) is 14.7. The van der Waals surface area contributed by atoms with Crippen LogP contribution in [-0.4, -0.2) is 16.9 Å². The first-order valence-corrected chi connectivity index (χ1v) is 14.7. The van der Waals surface area contributed by atoms with E-state index in [1.54, 1.807) is 0 Å². The zero-order chi connectivity index (χ0) is 29.1. The van der Waals surface area contributed by atoms with E-state index in [1.165, 1.54) is 50.2 Å². The number of ether oxygens (including phenoxy) is 1. The molecule has 3 aromatic rings. The molecule has 0 spiro atoms. The number of benzene rings is 3. The maximum Gasteiger partial charge on any atom is 0.273 e. The highest BCUT2D eigenvalue weighted by molar-refractivity contribution is 6.06. The maximum atomic E-state index is 13.0. The van der Waals surface area contributed by atoms with Gasteiger partial charge in [-0.25, -0.2) is 0 Å². The summed E-state index contributed by atoms with van der Waals surface area (Å²) < 4.78 is 6.20. The number of rotatable bonds is 13. The van der Waals surface area contributed by atoms with E-state index in [1.807, 2.05) is 49.4 Å². The van der Waals surface area contributed by atoms with Gasteiger partial charge < -0.3 is 9.84 Å². The monoisotopic (exact) mass is 546 g/mol. The molecule has 0 aliphatic heterocycles. The van der Waals surface area contributed by atoms with Crippen LogP contribution < -0.4 is 15.6 Å². The van der Waals surface area contributed by atoms with Crippen LogP contribution in [0.15, 0.2) is 48.5 Å². The molecule has 2 amide bonds. The van der Waals surface area contributed by atoms with Gasteiger partial charge in [-0.1, -0.05) is 109 Å². The lowest BCUT2D eigenvalue weighted by Crippen LogP contribution is -2.41. The predicted octanol–water partition coefficient (Wildman–Crippen LogP) is 8.63. The molecule has 3 N–H and O–H groups in total. The third-order valence-corrected chi connectivity index (χ3v) is 7.24. The Kier molecular flexibility index (Phi) is 11.4. The number of carbonyl (C=O) groups is 2. The quantitative estimate of drug-likeness (QED) is 0.148. The van der Waals surface area contributed by atoms with Crippen LogP contribution in [0.25, 0.3) is 10.8 Å². The molecule has 0 fully saturated rings. The van der Waals surface area contributed by atoms with Gasteiger partial charge in [0.2, 0.25) is 5.91 Å². The van der Waals surface area contributed by atoms with Gasteiger partial charge in [-0.3, -0.25) is 20.4 Å². The Morgan fingerprint density at radius 2 is 1.43 bits per heavy atom. The van der Waals surface area contributed by atoms with Crippen molar-refractivity contribution in [1.29, 1.82) is 0 Å². The zero-order valence-electron chi connectivity index (χ0n) is 24.9. The van der Waals surface area contributed by atoms with Gasteiger partial charge in [-0.2, -0.15) is 0 Å². The summed E-state index contributed by atoms with van der Waals surface area (Å²) in [5.41, 5.74) is 7.13. The second kappa shape index (κ2) is 14.7. The molecule has 6 nitrogen and oxygen atoms in total. The van der Waals surface area contributed by atoms with Crippen molar-refractivity contribution < 1.29 is 19.4 Å². The fraction of sp³-hybridized carbons (Fsp3) is 0.471. The number of nitrogens with one attached hydrogen (secondary N) is 2. The van der Waals surface area contributed by atoms with Crippen molar-refractivity contribution in [3.05, 3.63) is 65.2 Å². The van der Waals surface area contributed by atoms with Gasteiger partial charge in [0, 0.05) is 17.2 Å². The molecule has 0 heterocycles. The Balaban J connectivity index is 1.63. The molecule has 0 saturated heterocycles. The average Bonchev–Trinajstić information content (AvgIpc) is 2.92. The van der Waals surface area contributed by atoms with Gasteiger partial charge in [-0.05, 0) is 48.6 Å². The van der Waals surface area contributed by atoms with Crippen LogP contribution in [0.2, 0.25) is 0 Å². The Hall–Kier alpha value is -3.54. The third-order valence-electron chi connectivity index (χ3n) is 7.24. The highest BCUT2D eigenvalue weighted by atomic mass is 16.5. The number of hydrazine groups is 1. The SMILES string of the molecule is CCCCCCCCCCCC(=O)NNC(=O)c1cc(Oc2ccc(C(C)(C)C)cc2)c2ccc(C)cc2c1O. The molecule has 216 valence electrons. The molecule has 0 bridgehead atoms. The summed E-state index contributed by atoms with van der Waals surface area (Å²) >= 11 is 0. The fourth-order valence-electron chi connectivity index (χ4n) is 4.75. The highest BCUT2D eigenvalue weighted by Crippen LogP contribution is 2.39. The van der Waals surface area contributed by atoms with Crippen molar-refractivity contribution in [3.63, 3.8) is 0 Å². The molecular formula is C34H46N2O4. The van der Waals surface area contributed by atoms with E-state index < -0.39 is 5.91 Å². The van der Waals surface area contributed by atoms with Gasteiger partial charge in [0.1, 0.15) is 17.2 Å². The number of carbonyl (C=O) groups excluding carboxylic acids is 2. The first-order chi connectivity index (χ1) is 19.1. The largest absolute Gasteiger partial charge is 0.506 e. The van der Waals surface area contributed by atoms with Crippen molar-refractivity contribution in [3.8, 4) is 17.2 Å². The van der Waals surface area contributed by atoms with E-state index in [0.29, 0.717) is 28.7 Å². The van der Waals surface area contributed by atoms with E-state index >= 15 is 0 Å². The second-order valence-corrected chi connectivity index (χ2v) is 11.8.